The van der Waals surface area contributed by atoms with E-state index >= 15 is 0 Å². The van der Waals surface area contributed by atoms with Gasteiger partial charge in [0, 0.05) is 25.4 Å². The van der Waals surface area contributed by atoms with Crippen LogP contribution in [0, 0.1) is 0 Å². The summed E-state index contributed by atoms with van der Waals surface area (Å²) >= 11 is 0. The Kier molecular flexibility index (Phi) is 5.31. The zero-order valence-corrected chi connectivity index (χ0v) is 12.8. The number of rotatable bonds is 6. The second kappa shape index (κ2) is 7.20. The number of nitrogens with zero attached hydrogens (tertiary/aromatic N) is 1. The molecule has 0 aliphatic heterocycles. The summed E-state index contributed by atoms with van der Waals surface area (Å²) < 4.78 is 11.0. The van der Waals surface area contributed by atoms with Crippen molar-refractivity contribution in [2.24, 2.45) is 5.73 Å². The highest BCUT2D eigenvalue weighted by Crippen LogP contribution is 2.24. The summed E-state index contributed by atoms with van der Waals surface area (Å²) in [7, 11) is 1.68. The highest BCUT2D eigenvalue weighted by Gasteiger charge is 2.08. The van der Waals surface area contributed by atoms with E-state index in [1.807, 2.05) is 36.4 Å². The van der Waals surface area contributed by atoms with E-state index in [1.54, 1.807) is 7.11 Å². The van der Waals surface area contributed by atoms with Crippen molar-refractivity contribution in [2.75, 3.05) is 7.11 Å². The number of ether oxygens (including phenoxy) is 2. The lowest BCUT2D eigenvalue weighted by Crippen LogP contribution is -2.02. The average Bonchev–Trinajstić information content (AvgIpc) is 2.47. The molecule has 1 aromatic carbocycles. The van der Waals surface area contributed by atoms with Crippen LogP contribution in [0.25, 0.3) is 0 Å². The van der Waals surface area contributed by atoms with Gasteiger partial charge in [-0.3, -0.25) is 0 Å². The fourth-order valence-electron chi connectivity index (χ4n) is 2.03. The summed E-state index contributed by atoms with van der Waals surface area (Å²) in [6.45, 7) is 5.24. The van der Waals surface area contributed by atoms with Crippen molar-refractivity contribution in [3.8, 4) is 11.6 Å². The van der Waals surface area contributed by atoms with Crippen molar-refractivity contribution in [2.45, 2.75) is 32.9 Å². The van der Waals surface area contributed by atoms with Gasteiger partial charge < -0.3 is 15.2 Å². The summed E-state index contributed by atoms with van der Waals surface area (Å²) in [6, 6.07) is 11.7. The minimum Gasteiger partial charge on any atom is -0.439 e. The lowest BCUT2D eigenvalue weighted by Gasteiger charge is -2.12. The van der Waals surface area contributed by atoms with Crippen LogP contribution in [0.2, 0.25) is 0 Å². The Labute approximate surface area is 125 Å². The van der Waals surface area contributed by atoms with Gasteiger partial charge in [-0.15, -0.1) is 0 Å². The second-order valence-electron chi connectivity index (χ2n) is 5.28. The van der Waals surface area contributed by atoms with Crippen LogP contribution < -0.4 is 10.5 Å². The van der Waals surface area contributed by atoms with E-state index in [1.165, 1.54) is 0 Å². The van der Waals surface area contributed by atoms with E-state index < -0.39 is 0 Å². The maximum Gasteiger partial charge on any atom is 0.219 e. The largest absolute Gasteiger partial charge is 0.439 e. The van der Waals surface area contributed by atoms with Crippen LogP contribution in [-0.2, 0) is 17.9 Å². The molecule has 1 aromatic heterocycles. The number of nitrogens with two attached hydrogens (primary N) is 1. The lowest BCUT2D eigenvalue weighted by molar-refractivity contribution is 0.184. The van der Waals surface area contributed by atoms with Crippen LogP contribution in [0.4, 0.5) is 0 Å². The van der Waals surface area contributed by atoms with Gasteiger partial charge in [0.1, 0.15) is 5.75 Å². The zero-order chi connectivity index (χ0) is 15.2. The fourth-order valence-corrected chi connectivity index (χ4v) is 2.03. The Hall–Kier alpha value is -1.91. The van der Waals surface area contributed by atoms with Gasteiger partial charge in [0.25, 0.3) is 0 Å². The average molecular weight is 286 g/mol. The molecule has 0 aliphatic rings. The highest BCUT2D eigenvalue weighted by molar-refractivity contribution is 5.34. The number of hydrogen-bond acceptors (Lipinski definition) is 4. The number of methoxy groups -OCH3 is 1. The molecule has 4 heteroatoms. The topological polar surface area (TPSA) is 57.4 Å². The third-order valence-corrected chi connectivity index (χ3v) is 3.14. The molecule has 2 rings (SSSR count). The van der Waals surface area contributed by atoms with E-state index in [2.05, 4.69) is 18.8 Å². The minimum absolute atomic E-state index is 0.332. The van der Waals surface area contributed by atoms with Gasteiger partial charge in [-0.05, 0) is 35.2 Å². The predicted octanol–water partition coefficient (Wildman–Crippen LogP) is 3.60. The molecule has 0 fully saturated rings. The molecule has 21 heavy (non-hydrogen) atoms. The Morgan fingerprint density at radius 3 is 2.62 bits per heavy atom. The summed E-state index contributed by atoms with van der Waals surface area (Å²) in [5, 5.41) is 0. The first kappa shape index (κ1) is 15.5. The first-order chi connectivity index (χ1) is 10.1. The van der Waals surface area contributed by atoms with Crippen molar-refractivity contribution in [3.63, 3.8) is 0 Å². The van der Waals surface area contributed by atoms with E-state index in [4.69, 9.17) is 15.2 Å². The smallest absolute Gasteiger partial charge is 0.219 e. The van der Waals surface area contributed by atoms with Crippen LogP contribution in [0.3, 0.4) is 0 Å². The number of benzene rings is 1. The molecule has 0 radical (unpaired) electrons. The maximum absolute atomic E-state index is 5.88. The maximum atomic E-state index is 5.88. The van der Waals surface area contributed by atoms with E-state index in [0.717, 1.165) is 22.6 Å². The molecular formula is C17H22N2O2. The molecule has 0 spiro atoms. The molecule has 0 unspecified atom stereocenters. The standard InChI is InChI=1S/C17H22N2O2/c1-12(2)16-8-14(10-18)9-17(19-16)21-15-6-4-5-13(7-15)11-20-3/h4-9,12H,10-11,18H2,1-3H3. The normalized spacial score (nSPS) is 10.9. The quantitative estimate of drug-likeness (QED) is 0.881. The Morgan fingerprint density at radius 2 is 1.95 bits per heavy atom. The van der Waals surface area contributed by atoms with Crippen molar-refractivity contribution < 1.29 is 9.47 Å². The van der Waals surface area contributed by atoms with E-state index in [0.29, 0.717) is 24.9 Å². The molecule has 2 aromatic rings. The Balaban J connectivity index is 2.26. The van der Waals surface area contributed by atoms with Crippen molar-refractivity contribution in [1.29, 1.82) is 0 Å². The minimum atomic E-state index is 0.332. The highest BCUT2D eigenvalue weighted by atomic mass is 16.5. The third kappa shape index (κ3) is 4.28. The Bertz CT molecular complexity index is 597. The first-order valence-corrected chi connectivity index (χ1v) is 7.09. The van der Waals surface area contributed by atoms with Crippen molar-refractivity contribution >= 4 is 0 Å². The van der Waals surface area contributed by atoms with Crippen LogP contribution in [0.5, 0.6) is 11.6 Å². The van der Waals surface area contributed by atoms with Crippen LogP contribution >= 0.6 is 0 Å². The van der Waals surface area contributed by atoms with Gasteiger partial charge in [-0.25, -0.2) is 4.98 Å². The van der Waals surface area contributed by atoms with E-state index in [-0.39, 0.29) is 0 Å². The summed E-state index contributed by atoms with van der Waals surface area (Å²) in [5.41, 5.74) is 8.82. The SMILES string of the molecule is COCc1cccc(Oc2cc(CN)cc(C(C)C)n2)c1. The number of hydrogen-bond donors (Lipinski definition) is 1. The molecular weight excluding hydrogens is 264 g/mol. The van der Waals surface area contributed by atoms with Gasteiger partial charge in [-0.1, -0.05) is 26.0 Å². The molecule has 0 amide bonds. The van der Waals surface area contributed by atoms with Crippen LogP contribution in [0.1, 0.15) is 36.6 Å². The number of aromatic nitrogens is 1. The molecule has 0 saturated carbocycles. The summed E-state index contributed by atoms with van der Waals surface area (Å²) in [5.74, 6) is 1.66. The van der Waals surface area contributed by atoms with Gasteiger partial charge in [-0.2, -0.15) is 0 Å². The molecule has 0 aliphatic carbocycles. The number of pyridine rings is 1. The second-order valence-corrected chi connectivity index (χ2v) is 5.28. The molecule has 0 bridgehead atoms. The fraction of sp³-hybridized carbons (Fsp3) is 0.353. The van der Waals surface area contributed by atoms with Gasteiger partial charge >= 0.3 is 0 Å². The molecule has 4 nitrogen and oxygen atoms in total. The lowest BCUT2D eigenvalue weighted by atomic mass is 10.1. The summed E-state index contributed by atoms with van der Waals surface area (Å²) in [4.78, 5) is 4.54. The summed E-state index contributed by atoms with van der Waals surface area (Å²) in [6.07, 6.45) is 0. The van der Waals surface area contributed by atoms with E-state index in [9.17, 15) is 0 Å². The zero-order valence-electron chi connectivity index (χ0n) is 12.8. The van der Waals surface area contributed by atoms with Gasteiger partial charge in [0.15, 0.2) is 0 Å². The predicted molar refractivity (Wildman–Crippen MR) is 83.4 cm³/mol. The Morgan fingerprint density at radius 1 is 1.14 bits per heavy atom. The molecule has 0 saturated heterocycles. The van der Waals surface area contributed by atoms with Gasteiger partial charge in [0.05, 0.1) is 6.61 Å². The first-order valence-electron chi connectivity index (χ1n) is 7.09. The van der Waals surface area contributed by atoms with Crippen molar-refractivity contribution in [1.82, 2.24) is 4.98 Å². The monoisotopic (exact) mass is 286 g/mol. The molecule has 0 atom stereocenters. The van der Waals surface area contributed by atoms with Crippen molar-refractivity contribution in [3.05, 3.63) is 53.2 Å². The molecule has 112 valence electrons. The molecule has 1 heterocycles. The van der Waals surface area contributed by atoms with Crippen LogP contribution in [-0.4, -0.2) is 12.1 Å². The van der Waals surface area contributed by atoms with Gasteiger partial charge in [0.2, 0.25) is 5.88 Å². The third-order valence-electron chi connectivity index (χ3n) is 3.14. The van der Waals surface area contributed by atoms with Crippen LogP contribution in [0.15, 0.2) is 36.4 Å². The molecule has 2 N–H and O–H groups in total.